The summed E-state index contributed by atoms with van der Waals surface area (Å²) in [7, 11) is 0. The van der Waals surface area contributed by atoms with Crippen molar-refractivity contribution >= 4 is 17.7 Å². The number of benzene rings is 2. The fourth-order valence-corrected chi connectivity index (χ4v) is 2.27. The molecule has 5 heteroatoms. The molecule has 0 radical (unpaired) electrons. The van der Waals surface area contributed by atoms with Crippen LogP contribution in [0.25, 0.3) is 0 Å². The predicted molar refractivity (Wildman–Crippen MR) is 77.7 cm³/mol. The molecule has 0 saturated carbocycles. The Kier molecular flexibility index (Phi) is 3.55. The molecular weight excluding hydrogens is 268 g/mol. The summed E-state index contributed by atoms with van der Waals surface area (Å²) in [4.78, 5) is 23.8. The molecule has 2 aromatic carbocycles. The molecular formula is C16H14N2O3. The van der Waals surface area contributed by atoms with Crippen LogP contribution in [-0.2, 0) is 9.53 Å². The SMILES string of the molecule is O=C1NC(C(=O)Nc2ccccc2)C(c2ccccc2)O1. The number of ether oxygens (including phenoxy) is 1. The number of anilines is 1. The number of alkyl carbamates (subject to hydrolysis) is 1. The number of carbonyl (C=O) groups is 2. The molecule has 5 nitrogen and oxygen atoms in total. The van der Waals surface area contributed by atoms with E-state index in [0.29, 0.717) is 5.69 Å². The molecule has 3 rings (SSSR count). The monoisotopic (exact) mass is 282 g/mol. The number of cyclic esters (lactones) is 1. The van der Waals surface area contributed by atoms with E-state index < -0.39 is 18.2 Å². The van der Waals surface area contributed by atoms with E-state index >= 15 is 0 Å². The molecule has 2 amide bonds. The second-order valence-electron chi connectivity index (χ2n) is 4.71. The minimum Gasteiger partial charge on any atom is -0.439 e. The first kappa shape index (κ1) is 13.2. The van der Waals surface area contributed by atoms with Crippen LogP contribution in [0.4, 0.5) is 10.5 Å². The molecule has 0 aliphatic carbocycles. The van der Waals surface area contributed by atoms with Crippen LogP contribution in [-0.4, -0.2) is 18.0 Å². The highest BCUT2D eigenvalue weighted by Gasteiger charge is 2.40. The van der Waals surface area contributed by atoms with E-state index in [9.17, 15) is 9.59 Å². The van der Waals surface area contributed by atoms with Gasteiger partial charge in [-0.05, 0) is 17.7 Å². The molecule has 1 saturated heterocycles. The Morgan fingerprint density at radius 3 is 2.29 bits per heavy atom. The van der Waals surface area contributed by atoms with Crippen LogP contribution in [0.3, 0.4) is 0 Å². The number of nitrogens with one attached hydrogen (secondary N) is 2. The Morgan fingerprint density at radius 1 is 1.00 bits per heavy atom. The lowest BCUT2D eigenvalue weighted by Gasteiger charge is -2.16. The molecule has 1 fully saturated rings. The average molecular weight is 282 g/mol. The minimum absolute atomic E-state index is 0.305. The van der Waals surface area contributed by atoms with Gasteiger partial charge < -0.3 is 15.4 Å². The van der Waals surface area contributed by atoms with Crippen LogP contribution in [0.1, 0.15) is 11.7 Å². The molecule has 0 aromatic heterocycles. The van der Waals surface area contributed by atoms with Gasteiger partial charge in [0.1, 0.15) is 0 Å². The summed E-state index contributed by atoms with van der Waals surface area (Å²) in [5.74, 6) is -0.305. The van der Waals surface area contributed by atoms with Crippen LogP contribution < -0.4 is 10.6 Å². The molecule has 2 unspecified atom stereocenters. The van der Waals surface area contributed by atoms with Gasteiger partial charge in [0, 0.05) is 5.69 Å². The van der Waals surface area contributed by atoms with Crippen molar-refractivity contribution in [3.63, 3.8) is 0 Å². The fraction of sp³-hybridized carbons (Fsp3) is 0.125. The maximum atomic E-state index is 12.3. The van der Waals surface area contributed by atoms with E-state index in [4.69, 9.17) is 4.74 Å². The number of hydrogen-bond donors (Lipinski definition) is 2. The van der Waals surface area contributed by atoms with E-state index in [0.717, 1.165) is 5.56 Å². The van der Waals surface area contributed by atoms with Gasteiger partial charge in [-0.25, -0.2) is 4.79 Å². The van der Waals surface area contributed by atoms with Crippen molar-refractivity contribution in [1.82, 2.24) is 5.32 Å². The van der Waals surface area contributed by atoms with Gasteiger partial charge in [-0.1, -0.05) is 48.5 Å². The van der Waals surface area contributed by atoms with Crippen molar-refractivity contribution in [3.8, 4) is 0 Å². The molecule has 2 N–H and O–H groups in total. The highest BCUT2D eigenvalue weighted by Crippen LogP contribution is 2.27. The lowest BCUT2D eigenvalue weighted by atomic mass is 10.0. The van der Waals surface area contributed by atoms with Crippen LogP contribution in [0.5, 0.6) is 0 Å². The molecule has 1 heterocycles. The maximum absolute atomic E-state index is 12.3. The van der Waals surface area contributed by atoms with Crippen LogP contribution in [0.2, 0.25) is 0 Å². The zero-order valence-corrected chi connectivity index (χ0v) is 11.2. The first-order chi connectivity index (χ1) is 10.2. The quantitative estimate of drug-likeness (QED) is 0.908. The second-order valence-corrected chi connectivity index (χ2v) is 4.71. The van der Waals surface area contributed by atoms with Gasteiger partial charge in [-0.2, -0.15) is 0 Å². The zero-order valence-electron chi connectivity index (χ0n) is 11.2. The van der Waals surface area contributed by atoms with Gasteiger partial charge >= 0.3 is 6.09 Å². The first-order valence-corrected chi connectivity index (χ1v) is 6.62. The summed E-state index contributed by atoms with van der Waals surface area (Å²) < 4.78 is 5.21. The predicted octanol–water partition coefficient (Wildman–Crippen LogP) is 2.47. The third-order valence-electron chi connectivity index (χ3n) is 3.26. The number of para-hydroxylation sites is 1. The van der Waals surface area contributed by atoms with E-state index in [2.05, 4.69) is 10.6 Å². The minimum atomic E-state index is -0.750. The van der Waals surface area contributed by atoms with Crippen molar-refractivity contribution in [2.24, 2.45) is 0 Å². The van der Waals surface area contributed by atoms with Crippen molar-refractivity contribution in [2.75, 3.05) is 5.32 Å². The number of carbonyl (C=O) groups excluding carboxylic acids is 2. The summed E-state index contributed by atoms with van der Waals surface area (Å²) in [5.41, 5.74) is 1.46. The summed E-state index contributed by atoms with van der Waals surface area (Å²) >= 11 is 0. The Hall–Kier alpha value is -2.82. The van der Waals surface area contributed by atoms with Crippen LogP contribution in [0.15, 0.2) is 60.7 Å². The topological polar surface area (TPSA) is 67.4 Å². The molecule has 2 aromatic rings. The average Bonchev–Trinajstić information content (AvgIpc) is 2.91. The van der Waals surface area contributed by atoms with E-state index in [1.54, 1.807) is 12.1 Å². The van der Waals surface area contributed by atoms with Crippen molar-refractivity contribution in [1.29, 1.82) is 0 Å². The van der Waals surface area contributed by atoms with E-state index in [1.807, 2.05) is 48.5 Å². The number of hydrogen-bond acceptors (Lipinski definition) is 3. The molecule has 0 spiro atoms. The molecule has 0 bridgehead atoms. The van der Waals surface area contributed by atoms with Gasteiger partial charge in [0.05, 0.1) is 0 Å². The number of rotatable bonds is 3. The zero-order chi connectivity index (χ0) is 14.7. The Balaban J connectivity index is 1.79. The van der Waals surface area contributed by atoms with Gasteiger partial charge in [-0.3, -0.25) is 4.79 Å². The van der Waals surface area contributed by atoms with Gasteiger partial charge in [0.25, 0.3) is 5.91 Å². The van der Waals surface area contributed by atoms with Crippen LogP contribution in [0, 0.1) is 0 Å². The van der Waals surface area contributed by atoms with Crippen molar-refractivity contribution in [3.05, 3.63) is 66.2 Å². The number of amides is 2. The summed E-state index contributed by atoms with van der Waals surface area (Å²) in [5, 5.41) is 5.32. The van der Waals surface area contributed by atoms with Gasteiger partial charge in [0.2, 0.25) is 0 Å². The molecule has 1 aliphatic heterocycles. The maximum Gasteiger partial charge on any atom is 0.408 e. The van der Waals surface area contributed by atoms with Gasteiger partial charge in [-0.15, -0.1) is 0 Å². The molecule has 1 aliphatic rings. The van der Waals surface area contributed by atoms with Crippen molar-refractivity contribution < 1.29 is 14.3 Å². The smallest absolute Gasteiger partial charge is 0.408 e. The summed E-state index contributed by atoms with van der Waals surface area (Å²) in [6.07, 6.45) is -1.21. The lowest BCUT2D eigenvalue weighted by Crippen LogP contribution is -2.40. The third-order valence-corrected chi connectivity index (χ3v) is 3.26. The largest absolute Gasteiger partial charge is 0.439 e. The normalized spacial score (nSPS) is 20.5. The molecule has 21 heavy (non-hydrogen) atoms. The van der Waals surface area contributed by atoms with Crippen LogP contribution >= 0.6 is 0 Å². The Bertz CT molecular complexity index is 643. The Morgan fingerprint density at radius 2 is 1.62 bits per heavy atom. The van der Waals surface area contributed by atoms with E-state index in [1.165, 1.54) is 0 Å². The van der Waals surface area contributed by atoms with E-state index in [-0.39, 0.29) is 5.91 Å². The second kappa shape index (κ2) is 5.66. The first-order valence-electron chi connectivity index (χ1n) is 6.62. The van der Waals surface area contributed by atoms with Gasteiger partial charge in [0.15, 0.2) is 12.1 Å². The summed E-state index contributed by atoms with van der Waals surface area (Å²) in [6, 6.07) is 17.5. The summed E-state index contributed by atoms with van der Waals surface area (Å²) in [6.45, 7) is 0. The highest BCUT2D eigenvalue weighted by molar-refractivity contribution is 5.98. The molecule has 106 valence electrons. The fourth-order valence-electron chi connectivity index (χ4n) is 2.27. The third kappa shape index (κ3) is 2.86. The molecule has 2 atom stereocenters. The van der Waals surface area contributed by atoms with Crippen molar-refractivity contribution in [2.45, 2.75) is 12.1 Å². The highest BCUT2D eigenvalue weighted by atomic mass is 16.6. The standard InChI is InChI=1S/C16H14N2O3/c19-15(17-12-9-5-2-6-10-12)13-14(21-16(20)18-13)11-7-3-1-4-8-11/h1-10,13-14H,(H,17,19)(H,18,20). The Labute approximate surface area is 121 Å². The lowest BCUT2D eigenvalue weighted by molar-refractivity contribution is -0.119.